The second kappa shape index (κ2) is 12.9. The molecular formula is C19H29FIN3O2. The van der Waals surface area contributed by atoms with Crippen molar-refractivity contribution in [2.75, 3.05) is 32.8 Å². The Hall–Kier alpha value is -1.35. The highest BCUT2D eigenvalue weighted by Crippen LogP contribution is 2.17. The van der Waals surface area contributed by atoms with Crippen molar-refractivity contribution < 1.29 is 13.9 Å². The van der Waals surface area contributed by atoms with Gasteiger partial charge in [0.25, 0.3) is 0 Å². The summed E-state index contributed by atoms with van der Waals surface area (Å²) in [6.07, 6.45) is 3.92. The SMILES string of the molecule is CCNC(=NCC(C)Oc1ccccc1F)NCCC1=CCOCC1.I. The molecule has 146 valence electrons. The van der Waals surface area contributed by atoms with Crippen LogP contribution in [0.2, 0.25) is 0 Å². The minimum absolute atomic E-state index is 0. The van der Waals surface area contributed by atoms with Crippen LogP contribution in [0.5, 0.6) is 5.75 Å². The summed E-state index contributed by atoms with van der Waals surface area (Å²) in [7, 11) is 0. The molecule has 2 N–H and O–H groups in total. The average Bonchev–Trinajstić information content (AvgIpc) is 2.62. The first kappa shape index (κ1) is 22.7. The van der Waals surface area contributed by atoms with Gasteiger partial charge in [-0.15, -0.1) is 24.0 Å². The van der Waals surface area contributed by atoms with Gasteiger partial charge in [0, 0.05) is 13.1 Å². The summed E-state index contributed by atoms with van der Waals surface area (Å²) in [6.45, 7) is 7.48. The van der Waals surface area contributed by atoms with Crippen LogP contribution in [0.25, 0.3) is 0 Å². The second-order valence-corrected chi connectivity index (χ2v) is 5.94. The number of guanidine groups is 1. The van der Waals surface area contributed by atoms with Gasteiger partial charge in [0.15, 0.2) is 17.5 Å². The molecule has 0 radical (unpaired) electrons. The van der Waals surface area contributed by atoms with Crippen LogP contribution in [0.1, 0.15) is 26.7 Å². The Labute approximate surface area is 172 Å². The van der Waals surface area contributed by atoms with Gasteiger partial charge in [0.1, 0.15) is 6.10 Å². The summed E-state index contributed by atoms with van der Waals surface area (Å²) in [6, 6.07) is 6.42. The number of para-hydroxylation sites is 1. The summed E-state index contributed by atoms with van der Waals surface area (Å²) in [5, 5.41) is 6.54. The number of nitrogens with one attached hydrogen (secondary N) is 2. The molecule has 1 unspecified atom stereocenters. The number of ether oxygens (including phenoxy) is 2. The molecule has 1 aromatic rings. The summed E-state index contributed by atoms with van der Waals surface area (Å²) in [5.41, 5.74) is 1.42. The monoisotopic (exact) mass is 477 g/mol. The Morgan fingerprint density at radius 2 is 2.15 bits per heavy atom. The molecule has 5 nitrogen and oxygen atoms in total. The van der Waals surface area contributed by atoms with Crippen LogP contribution in [0, 0.1) is 5.82 Å². The van der Waals surface area contributed by atoms with Gasteiger partial charge in [0.05, 0.1) is 19.8 Å². The molecule has 0 amide bonds. The molecule has 1 heterocycles. The lowest BCUT2D eigenvalue weighted by atomic mass is 10.1. The molecule has 0 spiro atoms. The Bertz CT molecular complexity index is 596. The number of benzene rings is 1. The largest absolute Gasteiger partial charge is 0.486 e. The van der Waals surface area contributed by atoms with Gasteiger partial charge in [-0.3, -0.25) is 0 Å². The molecule has 0 saturated heterocycles. The fraction of sp³-hybridized carbons (Fsp3) is 0.526. The van der Waals surface area contributed by atoms with E-state index >= 15 is 0 Å². The van der Waals surface area contributed by atoms with E-state index < -0.39 is 0 Å². The Kier molecular flexibility index (Phi) is 11.3. The average molecular weight is 477 g/mol. The minimum Gasteiger partial charge on any atom is -0.486 e. The van der Waals surface area contributed by atoms with E-state index in [-0.39, 0.29) is 41.6 Å². The second-order valence-electron chi connectivity index (χ2n) is 5.94. The zero-order chi connectivity index (χ0) is 17.9. The predicted molar refractivity (Wildman–Crippen MR) is 114 cm³/mol. The first-order valence-corrected chi connectivity index (χ1v) is 8.88. The van der Waals surface area contributed by atoms with E-state index in [2.05, 4.69) is 21.7 Å². The van der Waals surface area contributed by atoms with E-state index in [0.29, 0.717) is 13.2 Å². The van der Waals surface area contributed by atoms with E-state index in [9.17, 15) is 4.39 Å². The summed E-state index contributed by atoms with van der Waals surface area (Å²) < 4.78 is 24.5. The van der Waals surface area contributed by atoms with Crippen molar-refractivity contribution in [3.05, 3.63) is 41.7 Å². The highest BCUT2D eigenvalue weighted by atomic mass is 127. The highest BCUT2D eigenvalue weighted by Gasteiger charge is 2.08. The smallest absolute Gasteiger partial charge is 0.191 e. The third-order valence-electron chi connectivity index (χ3n) is 3.81. The molecule has 26 heavy (non-hydrogen) atoms. The van der Waals surface area contributed by atoms with Crippen molar-refractivity contribution in [2.45, 2.75) is 32.8 Å². The Balaban J connectivity index is 0.00000338. The van der Waals surface area contributed by atoms with Crippen LogP contribution in [-0.2, 0) is 4.74 Å². The highest BCUT2D eigenvalue weighted by molar-refractivity contribution is 14.0. The van der Waals surface area contributed by atoms with E-state index in [1.165, 1.54) is 11.6 Å². The van der Waals surface area contributed by atoms with Crippen LogP contribution < -0.4 is 15.4 Å². The molecule has 0 saturated carbocycles. The van der Waals surface area contributed by atoms with Gasteiger partial charge in [-0.2, -0.15) is 0 Å². The molecule has 1 aliphatic rings. The van der Waals surface area contributed by atoms with Gasteiger partial charge in [-0.05, 0) is 38.8 Å². The topological polar surface area (TPSA) is 54.9 Å². The van der Waals surface area contributed by atoms with Gasteiger partial charge in [0.2, 0.25) is 0 Å². The lowest BCUT2D eigenvalue weighted by Gasteiger charge is -2.17. The summed E-state index contributed by atoms with van der Waals surface area (Å²) in [4.78, 5) is 4.52. The first-order valence-electron chi connectivity index (χ1n) is 8.88. The van der Waals surface area contributed by atoms with Crippen LogP contribution in [0.4, 0.5) is 4.39 Å². The van der Waals surface area contributed by atoms with Crippen LogP contribution in [-0.4, -0.2) is 44.9 Å². The van der Waals surface area contributed by atoms with Crippen molar-refractivity contribution in [2.24, 2.45) is 4.99 Å². The van der Waals surface area contributed by atoms with Gasteiger partial charge >= 0.3 is 0 Å². The Morgan fingerprint density at radius 3 is 2.85 bits per heavy atom. The quantitative estimate of drug-likeness (QED) is 0.261. The molecule has 1 aromatic carbocycles. The number of aliphatic imine (C=N–C) groups is 1. The number of nitrogens with zero attached hydrogens (tertiary/aromatic N) is 1. The minimum atomic E-state index is -0.354. The standard InChI is InChI=1S/C19H28FN3O2.HI/c1-3-21-19(22-11-8-16-9-12-24-13-10-16)23-14-15(2)25-18-7-5-4-6-17(18)20;/h4-7,9,15H,3,8,10-14H2,1-2H3,(H2,21,22,23);1H. The van der Waals surface area contributed by atoms with Crippen LogP contribution in [0.3, 0.4) is 0 Å². The van der Waals surface area contributed by atoms with E-state index in [1.807, 2.05) is 13.8 Å². The lowest BCUT2D eigenvalue weighted by Crippen LogP contribution is -2.38. The molecule has 1 aliphatic heterocycles. The summed E-state index contributed by atoms with van der Waals surface area (Å²) in [5.74, 6) is 0.654. The van der Waals surface area contributed by atoms with Crippen molar-refractivity contribution in [1.29, 1.82) is 0 Å². The molecule has 0 fully saturated rings. The van der Waals surface area contributed by atoms with Crippen molar-refractivity contribution >= 4 is 29.9 Å². The van der Waals surface area contributed by atoms with Gasteiger partial charge in [-0.25, -0.2) is 9.38 Å². The van der Waals surface area contributed by atoms with Crippen molar-refractivity contribution in [1.82, 2.24) is 10.6 Å². The lowest BCUT2D eigenvalue weighted by molar-refractivity contribution is 0.153. The number of rotatable bonds is 8. The van der Waals surface area contributed by atoms with E-state index in [0.717, 1.165) is 38.5 Å². The predicted octanol–water partition coefficient (Wildman–Crippen LogP) is 3.50. The van der Waals surface area contributed by atoms with Gasteiger partial charge in [-0.1, -0.05) is 23.8 Å². The fourth-order valence-corrected chi connectivity index (χ4v) is 2.49. The third-order valence-corrected chi connectivity index (χ3v) is 3.81. The normalized spacial score (nSPS) is 15.5. The zero-order valence-electron chi connectivity index (χ0n) is 15.5. The molecule has 0 bridgehead atoms. The molecule has 0 aromatic heterocycles. The first-order chi connectivity index (χ1) is 12.2. The zero-order valence-corrected chi connectivity index (χ0v) is 17.8. The molecule has 2 rings (SSSR count). The number of hydrogen-bond acceptors (Lipinski definition) is 3. The maximum atomic E-state index is 13.6. The molecule has 0 aliphatic carbocycles. The number of halogens is 2. The molecule has 7 heteroatoms. The van der Waals surface area contributed by atoms with Crippen molar-refractivity contribution in [3.8, 4) is 5.75 Å². The van der Waals surface area contributed by atoms with Crippen molar-refractivity contribution in [3.63, 3.8) is 0 Å². The maximum Gasteiger partial charge on any atom is 0.191 e. The van der Waals surface area contributed by atoms with Crippen LogP contribution >= 0.6 is 24.0 Å². The Morgan fingerprint density at radius 1 is 1.35 bits per heavy atom. The molecular weight excluding hydrogens is 448 g/mol. The fourth-order valence-electron chi connectivity index (χ4n) is 2.49. The van der Waals surface area contributed by atoms with Gasteiger partial charge < -0.3 is 20.1 Å². The maximum absolute atomic E-state index is 13.6. The number of hydrogen-bond donors (Lipinski definition) is 2. The van der Waals surface area contributed by atoms with E-state index in [1.54, 1.807) is 18.2 Å². The molecule has 1 atom stereocenters. The van der Waals surface area contributed by atoms with E-state index in [4.69, 9.17) is 9.47 Å². The third kappa shape index (κ3) is 8.35. The van der Waals surface area contributed by atoms with Crippen LogP contribution in [0.15, 0.2) is 40.9 Å². The summed E-state index contributed by atoms with van der Waals surface area (Å²) >= 11 is 0.